The maximum Gasteiger partial charge on any atom is 0.251 e. The van der Waals surface area contributed by atoms with E-state index in [1.807, 2.05) is 0 Å². The summed E-state index contributed by atoms with van der Waals surface area (Å²) in [6.07, 6.45) is 1.56. The summed E-state index contributed by atoms with van der Waals surface area (Å²) in [4.78, 5) is 24.1. The van der Waals surface area contributed by atoms with Crippen LogP contribution < -0.4 is 15.6 Å². The summed E-state index contributed by atoms with van der Waals surface area (Å²) < 4.78 is 8.86. The minimum absolute atomic E-state index is 0.108. The molecule has 10 heteroatoms. The third-order valence-electron chi connectivity index (χ3n) is 3.58. The van der Waals surface area contributed by atoms with Gasteiger partial charge in [0.1, 0.15) is 18.0 Å². The molecule has 0 fully saturated rings. The Bertz CT molecular complexity index is 1010. The van der Waals surface area contributed by atoms with Gasteiger partial charge >= 0.3 is 0 Å². The molecule has 1 aromatic carbocycles. The molecule has 0 aliphatic heterocycles. The van der Waals surface area contributed by atoms with Gasteiger partial charge in [-0.1, -0.05) is 0 Å². The number of benzene rings is 1. The highest BCUT2D eigenvalue weighted by molar-refractivity contribution is 9.10. The van der Waals surface area contributed by atoms with E-state index in [1.54, 1.807) is 37.4 Å². The van der Waals surface area contributed by atoms with E-state index in [0.29, 0.717) is 27.4 Å². The number of ether oxygens (including phenoxy) is 1. The normalized spacial score (nSPS) is 10.6. The number of aromatic nitrogens is 5. The van der Waals surface area contributed by atoms with Crippen LogP contribution in [0.1, 0.15) is 5.82 Å². The van der Waals surface area contributed by atoms with Gasteiger partial charge in [-0.2, -0.15) is 4.68 Å². The van der Waals surface area contributed by atoms with Crippen LogP contribution in [-0.2, 0) is 11.3 Å². The molecule has 0 radical (unpaired) electrons. The van der Waals surface area contributed by atoms with Crippen LogP contribution in [0.25, 0.3) is 5.69 Å². The van der Waals surface area contributed by atoms with Crippen LogP contribution in [0.5, 0.6) is 5.75 Å². The van der Waals surface area contributed by atoms with Crippen LogP contribution in [-0.4, -0.2) is 37.8 Å². The fourth-order valence-corrected chi connectivity index (χ4v) is 2.75. The maximum absolute atomic E-state index is 12.3. The summed E-state index contributed by atoms with van der Waals surface area (Å²) >= 11 is 3.28. The van der Waals surface area contributed by atoms with Crippen molar-refractivity contribution in [2.75, 3.05) is 12.4 Å². The number of hydrogen-bond acceptors (Lipinski definition) is 6. The Morgan fingerprint density at radius 1 is 1.31 bits per heavy atom. The largest absolute Gasteiger partial charge is 0.494 e. The van der Waals surface area contributed by atoms with Crippen molar-refractivity contribution in [2.24, 2.45) is 0 Å². The Morgan fingerprint density at radius 2 is 2.12 bits per heavy atom. The van der Waals surface area contributed by atoms with E-state index < -0.39 is 0 Å². The van der Waals surface area contributed by atoms with Crippen molar-refractivity contribution in [1.82, 2.24) is 24.8 Å². The van der Waals surface area contributed by atoms with Crippen LogP contribution in [0.2, 0.25) is 0 Å². The van der Waals surface area contributed by atoms with Gasteiger partial charge in [-0.15, -0.1) is 5.10 Å². The number of hydrogen-bond donors (Lipinski definition) is 1. The third-order valence-corrected chi connectivity index (χ3v) is 4.05. The van der Waals surface area contributed by atoms with Gasteiger partial charge in [-0.3, -0.25) is 9.59 Å². The van der Waals surface area contributed by atoms with Gasteiger partial charge in [0, 0.05) is 22.4 Å². The Morgan fingerprint density at radius 3 is 2.81 bits per heavy atom. The second kappa shape index (κ2) is 7.48. The minimum Gasteiger partial charge on any atom is -0.494 e. The monoisotopic (exact) mass is 418 g/mol. The molecule has 2 heterocycles. The number of tetrazole rings is 1. The first-order valence-corrected chi connectivity index (χ1v) is 8.36. The van der Waals surface area contributed by atoms with Gasteiger partial charge in [0.2, 0.25) is 5.91 Å². The van der Waals surface area contributed by atoms with Crippen molar-refractivity contribution < 1.29 is 9.53 Å². The Hall–Kier alpha value is -3.01. The number of pyridine rings is 1. The van der Waals surface area contributed by atoms with Gasteiger partial charge in [0.15, 0.2) is 5.82 Å². The quantitative estimate of drug-likeness (QED) is 0.673. The van der Waals surface area contributed by atoms with Crippen molar-refractivity contribution in [2.45, 2.75) is 13.5 Å². The molecule has 26 heavy (non-hydrogen) atoms. The summed E-state index contributed by atoms with van der Waals surface area (Å²) in [5.41, 5.74) is 0.860. The van der Waals surface area contributed by atoms with Gasteiger partial charge < -0.3 is 14.6 Å². The van der Waals surface area contributed by atoms with E-state index in [9.17, 15) is 9.59 Å². The second-order valence-corrected chi connectivity index (χ2v) is 6.30. The number of aryl methyl sites for hydroxylation is 1. The summed E-state index contributed by atoms with van der Waals surface area (Å²) in [5.74, 6) is 0.795. The van der Waals surface area contributed by atoms with E-state index in [-0.39, 0.29) is 18.0 Å². The Labute approximate surface area is 156 Å². The smallest absolute Gasteiger partial charge is 0.251 e. The molecule has 3 aromatic rings. The molecule has 1 N–H and O–H groups in total. The summed E-state index contributed by atoms with van der Waals surface area (Å²) in [6, 6.07) is 8.12. The zero-order valence-corrected chi connectivity index (χ0v) is 15.6. The average Bonchev–Trinajstić information content (AvgIpc) is 3.04. The molecule has 9 nitrogen and oxygen atoms in total. The Balaban J connectivity index is 1.84. The maximum atomic E-state index is 12.3. The zero-order chi connectivity index (χ0) is 18.7. The average molecular weight is 419 g/mol. The lowest BCUT2D eigenvalue weighted by Gasteiger charge is -2.12. The SMILES string of the molecule is COc1ccc(NC(=O)Cn2cc(Br)ccc2=O)cc1-n1nnnc1C. The summed E-state index contributed by atoms with van der Waals surface area (Å²) in [6.45, 7) is 1.65. The molecule has 0 saturated heterocycles. The standard InChI is InChI=1S/C16H15BrN6O3/c1-10-19-20-21-23(10)13-7-12(4-5-14(13)26-2)18-15(24)9-22-8-11(17)3-6-16(22)25/h3-8H,9H2,1-2H3,(H,18,24). The van der Waals surface area contributed by atoms with Crippen LogP contribution >= 0.6 is 15.9 Å². The number of carbonyl (C=O) groups is 1. The second-order valence-electron chi connectivity index (χ2n) is 5.39. The zero-order valence-electron chi connectivity index (χ0n) is 14.0. The van der Waals surface area contributed by atoms with Crippen molar-refractivity contribution in [1.29, 1.82) is 0 Å². The molecule has 0 atom stereocenters. The first kappa shape index (κ1) is 17.8. The molecule has 0 aliphatic carbocycles. The fraction of sp³-hybridized carbons (Fsp3) is 0.188. The lowest BCUT2D eigenvalue weighted by molar-refractivity contribution is -0.116. The summed E-state index contributed by atoms with van der Waals surface area (Å²) in [5, 5.41) is 14.1. The highest BCUT2D eigenvalue weighted by Gasteiger charge is 2.13. The number of methoxy groups -OCH3 is 1. The topological polar surface area (TPSA) is 104 Å². The van der Waals surface area contributed by atoms with E-state index in [2.05, 4.69) is 36.8 Å². The first-order valence-electron chi connectivity index (χ1n) is 7.57. The first-order chi connectivity index (χ1) is 12.5. The van der Waals surface area contributed by atoms with Gasteiger partial charge in [0.05, 0.1) is 7.11 Å². The lowest BCUT2D eigenvalue weighted by atomic mass is 10.2. The fourth-order valence-electron chi connectivity index (χ4n) is 2.37. The van der Waals surface area contributed by atoms with Crippen molar-refractivity contribution >= 4 is 27.5 Å². The number of carbonyl (C=O) groups excluding carboxylic acids is 1. The molecule has 0 spiro atoms. The van der Waals surface area contributed by atoms with E-state index in [4.69, 9.17) is 4.74 Å². The molecule has 0 saturated carbocycles. The molecular weight excluding hydrogens is 404 g/mol. The van der Waals surface area contributed by atoms with Gasteiger partial charge in [0.25, 0.3) is 5.56 Å². The number of nitrogens with zero attached hydrogens (tertiary/aromatic N) is 5. The molecule has 3 rings (SSSR count). The van der Waals surface area contributed by atoms with E-state index in [0.717, 1.165) is 0 Å². The molecule has 1 amide bonds. The van der Waals surface area contributed by atoms with Crippen LogP contribution in [0.4, 0.5) is 5.69 Å². The number of rotatable bonds is 5. The van der Waals surface area contributed by atoms with Crippen LogP contribution in [0.3, 0.4) is 0 Å². The highest BCUT2D eigenvalue weighted by atomic mass is 79.9. The predicted octanol–water partition coefficient (Wildman–Crippen LogP) is 1.54. The predicted molar refractivity (Wildman–Crippen MR) is 97.5 cm³/mol. The van der Waals surface area contributed by atoms with Crippen molar-refractivity contribution in [3.05, 3.63) is 57.2 Å². The lowest BCUT2D eigenvalue weighted by Crippen LogP contribution is -2.26. The molecule has 0 aliphatic rings. The van der Waals surface area contributed by atoms with Crippen LogP contribution in [0, 0.1) is 6.92 Å². The third kappa shape index (κ3) is 3.80. The molecular formula is C16H15BrN6O3. The summed E-state index contributed by atoms with van der Waals surface area (Å²) in [7, 11) is 1.54. The van der Waals surface area contributed by atoms with Crippen LogP contribution in [0.15, 0.2) is 45.8 Å². The molecule has 0 bridgehead atoms. The molecule has 2 aromatic heterocycles. The number of nitrogens with one attached hydrogen (secondary N) is 1. The number of anilines is 1. The van der Waals surface area contributed by atoms with Gasteiger partial charge in [-0.05, 0) is 57.5 Å². The van der Waals surface area contributed by atoms with Crippen molar-refractivity contribution in [3.8, 4) is 11.4 Å². The molecule has 134 valence electrons. The number of amides is 1. The highest BCUT2D eigenvalue weighted by Crippen LogP contribution is 2.26. The Kier molecular flexibility index (Phi) is 5.12. The molecule has 0 unspecified atom stereocenters. The van der Waals surface area contributed by atoms with Gasteiger partial charge in [-0.25, -0.2) is 0 Å². The van der Waals surface area contributed by atoms with E-state index in [1.165, 1.54) is 22.4 Å². The van der Waals surface area contributed by atoms with Crippen molar-refractivity contribution in [3.63, 3.8) is 0 Å². The number of halogens is 1. The minimum atomic E-state index is -0.338. The van der Waals surface area contributed by atoms with E-state index >= 15 is 0 Å².